The van der Waals surface area contributed by atoms with E-state index in [1.807, 2.05) is 13.8 Å². The average Bonchev–Trinajstić information content (AvgIpc) is 2.49. The lowest BCUT2D eigenvalue weighted by molar-refractivity contribution is 0.626. The van der Waals surface area contributed by atoms with Crippen molar-refractivity contribution in [3.05, 3.63) is 42.0 Å². The SMILES string of the molecule is CCN(CC)c1cncc(Nc2cccc(F)c2C=N)n1. The Kier molecular flexibility index (Phi) is 4.81. The summed E-state index contributed by atoms with van der Waals surface area (Å²) in [6, 6.07) is 4.62. The molecule has 0 bridgehead atoms. The van der Waals surface area contributed by atoms with Crippen molar-refractivity contribution in [2.24, 2.45) is 0 Å². The van der Waals surface area contributed by atoms with Crippen LogP contribution >= 0.6 is 0 Å². The lowest BCUT2D eigenvalue weighted by atomic mass is 10.2. The van der Waals surface area contributed by atoms with Crippen LogP contribution in [0.2, 0.25) is 0 Å². The van der Waals surface area contributed by atoms with Crippen molar-refractivity contribution in [1.29, 1.82) is 5.41 Å². The summed E-state index contributed by atoms with van der Waals surface area (Å²) in [6.45, 7) is 5.76. The Morgan fingerprint density at radius 1 is 1.29 bits per heavy atom. The molecule has 6 heteroatoms. The van der Waals surface area contributed by atoms with Gasteiger partial charge < -0.3 is 15.6 Å². The van der Waals surface area contributed by atoms with Gasteiger partial charge in [-0.15, -0.1) is 0 Å². The number of halogens is 1. The zero-order valence-corrected chi connectivity index (χ0v) is 12.1. The molecule has 0 amide bonds. The molecule has 1 heterocycles. The quantitative estimate of drug-likeness (QED) is 0.801. The third-order valence-electron chi connectivity index (χ3n) is 3.17. The van der Waals surface area contributed by atoms with Crippen LogP contribution in [0.4, 0.5) is 21.7 Å². The van der Waals surface area contributed by atoms with Crippen LogP contribution in [0.5, 0.6) is 0 Å². The minimum Gasteiger partial charge on any atom is -0.356 e. The van der Waals surface area contributed by atoms with Gasteiger partial charge in [0, 0.05) is 19.3 Å². The number of benzene rings is 1. The first-order valence-electron chi connectivity index (χ1n) is 6.82. The van der Waals surface area contributed by atoms with Gasteiger partial charge in [-0.1, -0.05) is 6.07 Å². The summed E-state index contributed by atoms with van der Waals surface area (Å²) in [5.74, 6) is 0.841. The molecule has 2 rings (SSSR count). The fourth-order valence-electron chi connectivity index (χ4n) is 2.05. The standard InChI is InChI=1S/C15H18FN5/c1-3-21(4-2)15-10-18-9-14(20-15)19-13-7-5-6-12(16)11(13)8-17/h5-10,17H,3-4H2,1-2H3,(H,19,20). The molecule has 0 spiro atoms. The highest BCUT2D eigenvalue weighted by Gasteiger charge is 2.09. The van der Waals surface area contributed by atoms with Crippen molar-refractivity contribution in [3.8, 4) is 0 Å². The van der Waals surface area contributed by atoms with E-state index < -0.39 is 5.82 Å². The molecule has 110 valence electrons. The van der Waals surface area contributed by atoms with Crippen molar-refractivity contribution < 1.29 is 4.39 Å². The molecule has 5 nitrogen and oxygen atoms in total. The molecule has 0 atom stereocenters. The number of anilines is 3. The zero-order valence-electron chi connectivity index (χ0n) is 12.1. The van der Waals surface area contributed by atoms with Gasteiger partial charge in [-0.25, -0.2) is 9.37 Å². The molecule has 1 aromatic heterocycles. The molecule has 0 saturated carbocycles. The highest BCUT2D eigenvalue weighted by molar-refractivity contribution is 5.87. The average molecular weight is 287 g/mol. The van der Waals surface area contributed by atoms with E-state index in [1.165, 1.54) is 6.07 Å². The summed E-state index contributed by atoms with van der Waals surface area (Å²) < 4.78 is 13.6. The molecule has 2 N–H and O–H groups in total. The highest BCUT2D eigenvalue weighted by Crippen LogP contribution is 2.21. The zero-order chi connectivity index (χ0) is 15.2. The summed E-state index contributed by atoms with van der Waals surface area (Å²) in [4.78, 5) is 10.7. The van der Waals surface area contributed by atoms with E-state index in [4.69, 9.17) is 5.41 Å². The summed E-state index contributed by atoms with van der Waals surface area (Å²) in [5.41, 5.74) is 0.698. The van der Waals surface area contributed by atoms with Crippen LogP contribution < -0.4 is 10.2 Å². The van der Waals surface area contributed by atoms with Crippen molar-refractivity contribution in [3.63, 3.8) is 0 Å². The highest BCUT2D eigenvalue weighted by atomic mass is 19.1. The number of hydrogen-bond donors (Lipinski definition) is 2. The van der Waals surface area contributed by atoms with Crippen LogP contribution in [0.15, 0.2) is 30.6 Å². The van der Waals surface area contributed by atoms with E-state index in [0.29, 0.717) is 11.5 Å². The lowest BCUT2D eigenvalue weighted by Gasteiger charge is -2.20. The summed E-state index contributed by atoms with van der Waals surface area (Å²) in [6.07, 6.45) is 4.26. The number of hydrogen-bond acceptors (Lipinski definition) is 5. The molecular formula is C15H18FN5. The van der Waals surface area contributed by atoms with Crippen molar-refractivity contribution >= 4 is 23.5 Å². The molecule has 1 aromatic carbocycles. The second kappa shape index (κ2) is 6.78. The Hall–Kier alpha value is -2.50. The van der Waals surface area contributed by atoms with Crippen LogP contribution in [0, 0.1) is 11.2 Å². The summed E-state index contributed by atoms with van der Waals surface area (Å²) >= 11 is 0. The Morgan fingerprint density at radius 3 is 2.71 bits per heavy atom. The largest absolute Gasteiger partial charge is 0.356 e. The maximum absolute atomic E-state index is 13.6. The smallest absolute Gasteiger partial charge is 0.151 e. The van der Waals surface area contributed by atoms with E-state index in [0.717, 1.165) is 25.1 Å². The Morgan fingerprint density at radius 2 is 2.05 bits per heavy atom. The first kappa shape index (κ1) is 14.9. The van der Waals surface area contributed by atoms with Gasteiger partial charge in [0.15, 0.2) is 5.82 Å². The second-order valence-corrected chi connectivity index (χ2v) is 4.41. The van der Waals surface area contributed by atoms with E-state index >= 15 is 0 Å². The minimum atomic E-state index is -0.442. The van der Waals surface area contributed by atoms with Gasteiger partial charge in [-0.05, 0) is 26.0 Å². The van der Waals surface area contributed by atoms with E-state index in [2.05, 4.69) is 20.2 Å². The lowest BCUT2D eigenvalue weighted by Crippen LogP contribution is -2.23. The third kappa shape index (κ3) is 3.34. The van der Waals surface area contributed by atoms with Crippen LogP contribution in [0.3, 0.4) is 0 Å². The van der Waals surface area contributed by atoms with Gasteiger partial charge in [0.05, 0.1) is 23.6 Å². The van der Waals surface area contributed by atoms with Crippen LogP contribution in [-0.4, -0.2) is 29.3 Å². The molecule has 21 heavy (non-hydrogen) atoms. The molecule has 0 fully saturated rings. The van der Waals surface area contributed by atoms with Gasteiger partial charge >= 0.3 is 0 Å². The summed E-state index contributed by atoms with van der Waals surface area (Å²) in [7, 11) is 0. The molecule has 0 saturated heterocycles. The number of nitrogens with zero attached hydrogens (tertiary/aromatic N) is 3. The van der Waals surface area contributed by atoms with Gasteiger partial charge in [-0.3, -0.25) is 4.98 Å². The molecule has 0 aliphatic heterocycles. The number of rotatable bonds is 6. The van der Waals surface area contributed by atoms with Crippen molar-refractivity contribution in [2.45, 2.75) is 13.8 Å². The van der Waals surface area contributed by atoms with Gasteiger partial charge in [0.1, 0.15) is 11.6 Å². The van der Waals surface area contributed by atoms with Crippen LogP contribution in [0.25, 0.3) is 0 Å². The van der Waals surface area contributed by atoms with E-state index in [-0.39, 0.29) is 5.56 Å². The minimum absolute atomic E-state index is 0.201. The fourth-order valence-corrected chi connectivity index (χ4v) is 2.05. The van der Waals surface area contributed by atoms with Gasteiger partial charge in [-0.2, -0.15) is 0 Å². The van der Waals surface area contributed by atoms with Crippen LogP contribution in [0.1, 0.15) is 19.4 Å². The molecule has 0 radical (unpaired) electrons. The molecule has 0 aliphatic carbocycles. The van der Waals surface area contributed by atoms with Gasteiger partial charge in [0.2, 0.25) is 0 Å². The first-order valence-corrected chi connectivity index (χ1v) is 6.82. The summed E-state index contributed by atoms with van der Waals surface area (Å²) in [5, 5.41) is 10.3. The van der Waals surface area contributed by atoms with E-state index in [1.54, 1.807) is 24.5 Å². The molecule has 0 aliphatic rings. The molecule has 0 unspecified atom stereocenters. The monoisotopic (exact) mass is 287 g/mol. The third-order valence-corrected chi connectivity index (χ3v) is 3.17. The van der Waals surface area contributed by atoms with Crippen molar-refractivity contribution in [1.82, 2.24) is 9.97 Å². The Balaban J connectivity index is 2.30. The molecule has 2 aromatic rings. The normalized spacial score (nSPS) is 10.2. The Bertz CT molecular complexity index is 625. The van der Waals surface area contributed by atoms with Gasteiger partial charge in [0.25, 0.3) is 0 Å². The van der Waals surface area contributed by atoms with Crippen molar-refractivity contribution in [2.75, 3.05) is 23.3 Å². The predicted molar refractivity (Wildman–Crippen MR) is 83.2 cm³/mol. The maximum Gasteiger partial charge on any atom is 0.151 e. The predicted octanol–water partition coefficient (Wildman–Crippen LogP) is 3.20. The van der Waals surface area contributed by atoms with Crippen LogP contribution in [-0.2, 0) is 0 Å². The fraction of sp³-hybridized carbons (Fsp3) is 0.267. The number of nitrogens with one attached hydrogen (secondary N) is 2. The topological polar surface area (TPSA) is 64.9 Å². The maximum atomic E-state index is 13.6. The Labute approximate surface area is 123 Å². The van der Waals surface area contributed by atoms with E-state index in [9.17, 15) is 4.39 Å². The second-order valence-electron chi connectivity index (χ2n) is 4.41. The molecular weight excluding hydrogens is 269 g/mol. The number of aromatic nitrogens is 2. The first-order chi connectivity index (χ1) is 10.2.